The number of fused-ring (bicyclic) bond motifs is 7. The van der Waals surface area contributed by atoms with E-state index in [0.29, 0.717) is 23.0 Å². The first kappa shape index (κ1) is 31.8. The lowest BCUT2D eigenvalue weighted by Crippen LogP contribution is -2.31. The minimum Gasteiger partial charge on any atom is -0.458 e. The molecule has 13 aromatic rings. The minimum atomic E-state index is -0.489. The van der Waals surface area contributed by atoms with Gasteiger partial charge in [-0.25, -0.2) is 4.98 Å². The monoisotopic (exact) mass is 881 g/mol. The first-order chi connectivity index (χ1) is 37.0. The maximum atomic E-state index is 9.11. The maximum absolute atomic E-state index is 9.11. The van der Waals surface area contributed by atoms with E-state index in [0.717, 1.165) is 78.5 Å². The molecule has 0 spiro atoms. The van der Waals surface area contributed by atoms with Gasteiger partial charge in [-0.3, -0.25) is 13.7 Å². The molecule has 0 saturated carbocycles. The molecule has 0 atom stereocenters. The fraction of sp³-hybridized carbons (Fsp3) is 0.0323. The van der Waals surface area contributed by atoms with Crippen LogP contribution < -0.4 is 9.30 Å². The minimum absolute atomic E-state index is 0.0228. The Labute approximate surface area is 404 Å². The second kappa shape index (κ2) is 16.2. The summed E-state index contributed by atoms with van der Waals surface area (Å²) in [5.74, 6) is 1.84. The number of hydrogen-bond donors (Lipinski definition) is 0. The number of imidazole rings is 1. The average Bonchev–Trinajstić information content (AvgIpc) is 4.17. The SMILES string of the molecule is [2H]c1c([2H])c([2H])c2c(c1[2H])c1c([2H])c([2H])c([2H])c([2H])c1n2-c1ccc2c(c1)c1ccc(Oc3cccc(-n4[c-][n+](-c5c(-c6ccccc6)cccc5-c5ccccc5)c5ccccc54)c3)cc1n2-c1cc(CC)ccn1. The number of nitrogens with zero attached hydrogens (tertiary/aromatic N) is 5. The van der Waals surface area contributed by atoms with Crippen molar-refractivity contribution in [3.63, 3.8) is 0 Å². The molecule has 9 aromatic carbocycles. The summed E-state index contributed by atoms with van der Waals surface area (Å²) in [6, 6.07) is 55.6. The second-order valence-electron chi connectivity index (χ2n) is 16.7. The number of aryl methyl sites for hydroxylation is 1. The molecule has 0 bridgehead atoms. The molecule has 0 aliphatic heterocycles. The van der Waals surface area contributed by atoms with Crippen LogP contribution in [-0.4, -0.2) is 18.7 Å². The summed E-state index contributed by atoms with van der Waals surface area (Å²) < 4.78 is 85.1. The van der Waals surface area contributed by atoms with Gasteiger partial charge >= 0.3 is 0 Å². The summed E-state index contributed by atoms with van der Waals surface area (Å²) in [6.45, 7) is 2.09. The van der Waals surface area contributed by atoms with Crippen LogP contribution in [0, 0.1) is 6.33 Å². The molecule has 0 N–H and O–H groups in total. The molecule has 6 nitrogen and oxygen atoms in total. The zero-order valence-electron chi connectivity index (χ0n) is 44.7. The van der Waals surface area contributed by atoms with Gasteiger partial charge in [0.2, 0.25) is 0 Å². The third-order valence-electron chi connectivity index (χ3n) is 12.8. The predicted octanol–water partition coefficient (Wildman–Crippen LogP) is 15.0. The summed E-state index contributed by atoms with van der Waals surface area (Å²) >= 11 is 0. The van der Waals surface area contributed by atoms with E-state index in [1.54, 1.807) is 16.8 Å². The maximum Gasteiger partial charge on any atom is 0.269 e. The molecular formula is C62H43N5O. The van der Waals surface area contributed by atoms with Crippen LogP contribution in [0.1, 0.15) is 23.5 Å². The van der Waals surface area contributed by atoms with Gasteiger partial charge in [0.15, 0.2) is 0 Å². The Morgan fingerprint density at radius 3 is 1.93 bits per heavy atom. The van der Waals surface area contributed by atoms with Gasteiger partial charge < -0.3 is 9.30 Å². The Morgan fingerprint density at radius 2 is 1.19 bits per heavy atom. The molecule has 0 amide bonds. The Morgan fingerprint density at radius 1 is 0.515 bits per heavy atom. The van der Waals surface area contributed by atoms with Gasteiger partial charge in [-0.2, -0.15) is 0 Å². The van der Waals surface area contributed by atoms with E-state index in [1.807, 2.05) is 84.9 Å². The Bertz CT molecular complexity index is 4400. The van der Waals surface area contributed by atoms with E-state index in [-0.39, 0.29) is 46.0 Å². The largest absolute Gasteiger partial charge is 0.458 e. The molecular weight excluding hydrogens is 831 g/mol. The quantitative estimate of drug-likeness (QED) is 0.107. The van der Waals surface area contributed by atoms with E-state index >= 15 is 0 Å². The summed E-state index contributed by atoms with van der Waals surface area (Å²) in [6.07, 6.45) is 6.33. The molecule has 0 radical (unpaired) electrons. The van der Waals surface area contributed by atoms with E-state index < -0.39 is 24.2 Å². The van der Waals surface area contributed by atoms with Crippen LogP contribution in [0.5, 0.6) is 11.5 Å². The highest BCUT2D eigenvalue weighted by Crippen LogP contribution is 2.39. The standard InChI is InChI=1S/C62H43N5O/c1-2-42-35-36-63-61(37-42)67-57-34-31-46(66-55-27-11-9-23-51(55)52-24-10-12-28-56(52)66)39-54(57)53-33-32-48(40-60(53)67)68-47-22-15-21-45(38-47)64-41-65(59-30-14-13-29-58(59)64)62-49(43-17-5-3-6-18-43)25-16-26-50(62)44-19-7-4-8-20-44/h3-40H,2H2,1H3/i9D,10D,11D,12D,23D,24D,27D,28D. The van der Waals surface area contributed by atoms with Gasteiger partial charge in [0.05, 0.1) is 55.4 Å². The number of rotatable bonds is 9. The number of para-hydroxylation sites is 5. The molecule has 4 heterocycles. The lowest BCUT2D eigenvalue weighted by atomic mass is 9.95. The fourth-order valence-electron chi connectivity index (χ4n) is 9.65. The van der Waals surface area contributed by atoms with Gasteiger partial charge in [-0.15, -0.1) is 0 Å². The summed E-state index contributed by atoms with van der Waals surface area (Å²) in [5, 5.41) is 1.65. The van der Waals surface area contributed by atoms with Crippen molar-refractivity contribution in [2.24, 2.45) is 0 Å². The molecule has 13 rings (SSSR count). The normalized spacial score (nSPS) is 13.3. The molecule has 0 unspecified atom stereocenters. The van der Waals surface area contributed by atoms with Crippen LogP contribution in [-0.2, 0) is 6.42 Å². The van der Waals surface area contributed by atoms with E-state index in [4.69, 9.17) is 20.7 Å². The molecule has 322 valence electrons. The summed E-state index contributed by atoms with van der Waals surface area (Å²) in [5.41, 5.74) is 11.3. The van der Waals surface area contributed by atoms with Crippen molar-refractivity contribution in [2.75, 3.05) is 0 Å². The van der Waals surface area contributed by atoms with Crippen molar-refractivity contribution in [1.29, 1.82) is 0 Å². The van der Waals surface area contributed by atoms with Crippen molar-refractivity contribution in [2.45, 2.75) is 13.3 Å². The number of pyridine rings is 1. The topological polar surface area (TPSA) is 40.8 Å². The van der Waals surface area contributed by atoms with Crippen LogP contribution in [0.15, 0.2) is 230 Å². The fourth-order valence-corrected chi connectivity index (χ4v) is 9.65. The van der Waals surface area contributed by atoms with Crippen molar-refractivity contribution in [3.8, 4) is 56.6 Å². The number of aromatic nitrogens is 5. The zero-order valence-corrected chi connectivity index (χ0v) is 36.7. The summed E-state index contributed by atoms with van der Waals surface area (Å²) in [7, 11) is 0. The van der Waals surface area contributed by atoms with E-state index in [1.165, 1.54) is 0 Å². The highest BCUT2D eigenvalue weighted by molar-refractivity contribution is 6.12. The molecule has 0 aliphatic rings. The average molecular weight is 882 g/mol. The van der Waals surface area contributed by atoms with Crippen molar-refractivity contribution in [3.05, 3.63) is 242 Å². The molecule has 4 aromatic heterocycles. The Kier molecular flexibility index (Phi) is 7.56. The Hall–Kier alpha value is -9.00. The van der Waals surface area contributed by atoms with Gasteiger partial charge in [0.25, 0.3) is 6.33 Å². The van der Waals surface area contributed by atoms with Gasteiger partial charge in [0, 0.05) is 39.5 Å². The van der Waals surface area contributed by atoms with E-state index in [9.17, 15) is 0 Å². The highest BCUT2D eigenvalue weighted by Gasteiger charge is 2.21. The first-order valence-electron chi connectivity index (χ1n) is 26.5. The molecule has 0 aliphatic carbocycles. The third-order valence-corrected chi connectivity index (χ3v) is 12.8. The van der Waals surface area contributed by atoms with E-state index in [2.05, 4.69) is 112 Å². The molecule has 6 heteroatoms. The first-order valence-corrected chi connectivity index (χ1v) is 22.5. The number of ether oxygens (including phenoxy) is 1. The van der Waals surface area contributed by atoms with Crippen molar-refractivity contribution in [1.82, 2.24) is 18.7 Å². The van der Waals surface area contributed by atoms with Crippen LogP contribution in [0.2, 0.25) is 0 Å². The van der Waals surface area contributed by atoms with Crippen molar-refractivity contribution >= 4 is 54.6 Å². The van der Waals surface area contributed by atoms with Crippen molar-refractivity contribution < 1.29 is 20.3 Å². The van der Waals surface area contributed by atoms with Crippen LogP contribution >= 0.6 is 0 Å². The zero-order chi connectivity index (χ0) is 52.1. The lowest BCUT2D eigenvalue weighted by molar-refractivity contribution is -0.571. The van der Waals surface area contributed by atoms with Crippen LogP contribution in [0.25, 0.3) is 99.8 Å². The smallest absolute Gasteiger partial charge is 0.269 e. The van der Waals surface area contributed by atoms with Gasteiger partial charge in [-0.1, -0.05) is 152 Å². The van der Waals surface area contributed by atoms with Gasteiger partial charge in [-0.05, 0) is 107 Å². The highest BCUT2D eigenvalue weighted by atomic mass is 16.5. The lowest BCUT2D eigenvalue weighted by Gasteiger charge is -2.17. The summed E-state index contributed by atoms with van der Waals surface area (Å²) in [4.78, 5) is 4.86. The van der Waals surface area contributed by atoms with Crippen LogP contribution in [0.3, 0.4) is 0 Å². The Balaban J connectivity index is 0.960. The number of benzene rings is 9. The predicted molar refractivity (Wildman–Crippen MR) is 277 cm³/mol. The number of hydrogen-bond acceptors (Lipinski definition) is 2. The molecule has 0 saturated heterocycles. The van der Waals surface area contributed by atoms with Crippen LogP contribution in [0.4, 0.5) is 0 Å². The second-order valence-corrected chi connectivity index (χ2v) is 16.7. The molecule has 68 heavy (non-hydrogen) atoms. The molecule has 0 fully saturated rings. The van der Waals surface area contributed by atoms with Gasteiger partial charge in [0.1, 0.15) is 17.3 Å². The third kappa shape index (κ3) is 6.49.